The summed E-state index contributed by atoms with van der Waals surface area (Å²) in [4.78, 5) is 0. The summed E-state index contributed by atoms with van der Waals surface area (Å²) < 4.78 is 6.14. The van der Waals surface area contributed by atoms with E-state index in [0.29, 0.717) is 0 Å². The number of benzene rings is 5. The van der Waals surface area contributed by atoms with Crippen molar-refractivity contribution in [3.05, 3.63) is 95.4 Å². The Balaban J connectivity index is 1.52. The van der Waals surface area contributed by atoms with Crippen LogP contribution in [0.2, 0.25) is 0 Å². The first kappa shape index (κ1) is 16.9. The molecule has 0 bridgehead atoms. The number of rotatable bonds is 1. The van der Waals surface area contributed by atoms with Crippen LogP contribution in [0.1, 0.15) is 12.8 Å². The Morgan fingerprint density at radius 2 is 1.03 bits per heavy atom. The fourth-order valence-electron chi connectivity index (χ4n) is 5.23. The SMILES string of the molecule is C1=c2c(c3cc(-c4ccc5c(c4)oc4ccccc45)ccc3c3ccccc23)=CCC1. The molecule has 0 saturated heterocycles. The minimum absolute atomic E-state index is 0.943. The second-order valence-electron chi connectivity index (χ2n) is 8.43. The minimum atomic E-state index is 0.943. The number of hydrogen-bond acceptors (Lipinski definition) is 1. The van der Waals surface area contributed by atoms with Crippen LogP contribution in [-0.2, 0) is 0 Å². The van der Waals surface area contributed by atoms with Gasteiger partial charge >= 0.3 is 0 Å². The Labute approximate surface area is 179 Å². The molecule has 1 heterocycles. The Morgan fingerprint density at radius 3 is 1.87 bits per heavy atom. The first-order chi connectivity index (χ1) is 15.4. The topological polar surface area (TPSA) is 13.1 Å². The highest BCUT2D eigenvalue weighted by Crippen LogP contribution is 2.33. The van der Waals surface area contributed by atoms with Gasteiger partial charge < -0.3 is 4.42 Å². The molecule has 1 nitrogen and oxygen atoms in total. The van der Waals surface area contributed by atoms with Crippen molar-refractivity contribution >= 4 is 55.6 Å². The molecule has 146 valence electrons. The van der Waals surface area contributed by atoms with Gasteiger partial charge in [-0.2, -0.15) is 0 Å². The number of hydrogen-bond donors (Lipinski definition) is 0. The highest BCUT2D eigenvalue weighted by atomic mass is 16.3. The molecule has 0 fully saturated rings. The van der Waals surface area contributed by atoms with Crippen LogP contribution in [-0.4, -0.2) is 0 Å². The predicted octanol–water partition coefficient (Wildman–Crippen LogP) is 6.91. The van der Waals surface area contributed by atoms with E-state index < -0.39 is 0 Å². The number of furan rings is 1. The molecule has 0 aliphatic heterocycles. The third kappa shape index (κ3) is 2.44. The van der Waals surface area contributed by atoms with Crippen molar-refractivity contribution in [1.82, 2.24) is 0 Å². The summed E-state index contributed by atoms with van der Waals surface area (Å²) in [5, 5.41) is 10.5. The summed E-state index contributed by atoms with van der Waals surface area (Å²) >= 11 is 0. The second-order valence-corrected chi connectivity index (χ2v) is 8.43. The van der Waals surface area contributed by atoms with Crippen molar-refractivity contribution in [2.75, 3.05) is 0 Å². The predicted molar refractivity (Wildman–Crippen MR) is 132 cm³/mol. The molecular weight excluding hydrogens is 376 g/mol. The van der Waals surface area contributed by atoms with Gasteiger partial charge in [0.1, 0.15) is 11.2 Å². The van der Waals surface area contributed by atoms with Gasteiger partial charge in [0.2, 0.25) is 0 Å². The summed E-state index contributed by atoms with van der Waals surface area (Å²) in [6.45, 7) is 0. The highest BCUT2D eigenvalue weighted by molar-refractivity contribution is 6.10. The fraction of sp³-hybridized carbons (Fsp3) is 0.0667. The quantitative estimate of drug-likeness (QED) is 0.275. The van der Waals surface area contributed by atoms with Crippen LogP contribution in [0.5, 0.6) is 0 Å². The summed E-state index contributed by atoms with van der Waals surface area (Å²) in [5.74, 6) is 0. The second kappa shape index (κ2) is 6.33. The maximum atomic E-state index is 6.14. The van der Waals surface area contributed by atoms with Crippen LogP contribution in [0.4, 0.5) is 0 Å². The first-order valence-corrected chi connectivity index (χ1v) is 10.9. The molecule has 0 N–H and O–H groups in total. The summed E-state index contributed by atoms with van der Waals surface area (Å²) in [6, 6.07) is 30.5. The zero-order valence-corrected chi connectivity index (χ0v) is 17.1. The Morgan fingerprint density at radius 1 is 0.452 bits per heavy atom. The molecule has 7 rings (SSSR count). The van der Waals surface area contributed by atoms with E-state index in [-0.39, 0.29) is 0 Å². The van der Waals surface area contributed by atoms with Crippen LogP contribution >= 0.6 is 0 Å². The molecule has 0 saturated carbocycles. The third-order valence-electron chi connectivity index (χ3n) is 6.68. The standard InChI is InChI=1S/C30H20O/c1-2-9-23-21(7-1)22-8-3-4-10-24(22)28-17-19(13-15-25(23)28)20-14-16-27-26-11-5-6-12-29(26)31-30(27)18-20/h1-2,5-18H,3-4H2. The molecular formula is C30H20O. The lowest BCUT2D eigenvalue weighted by Gasteiger charge is -2.12. The van der Waals surface area contributed by atoms with Crippen LogP contribution in [0.3, 0.4) is 0 Å². The Hall–Kier alpha value is -3.84. The van der Waals surface area contributed by atoms with Gasteiger partial charge in [-0.15, -0.1) is 0 Å². The monoisotopic (exact) mass is 396 g/mol. The van der Waals surface area contributed by atoms with Crippen LogP contribution in [0.15, 0.2) is 89.3 Å². The lowest BCUT2D eigenvalue weighted by atomic mass is 9.92. The molecule has 0 atom stereocenters. The third-order valence-corrected chi connectivity index (χ3v) is 6.68. The van der Waals surface area contributed by atoms with Gasteiger partial charge in [-0.25, -0.2) is 0 Å². The van der Waals surface area contributed by atoms with Gasteiger partial charge in [0.05, 0.1) is 0 Å². The minimum Gasteiger partial charge on any atom is -0.456 e. The van der Waals surface area contributed by atoms with E-state index in [9.17, 15) is 0 Å². The fourth-order valence-corrected chi connectivity index (χ4v) is 5.23. The molecule has 5 aromatic carbocycles. The van der Waals surface area contributed by atoms with Crippen LogP contribution in [0.25, 0.3) is 66.8 Å². The smallest absolute Gasteiger partial charge is 0.136 e. The molecule has 6 aromatic rings. The highest BCUT2D eigenvalue weighted by Gasteiger charge is 2.11. The summed E-state index contributed by atoms with van der Waals surface area (Å²) in [6.07, 6.45) is 7.04. The van der Waals surface area contributed by atoms with E-state index in [2.05, 4.69) is 84.9 Å². The molecule has 1 aliphatic carbocycles. The largest absolute Gasteiger partial charge is 0.456 e. The van der Waals surface area contributed by atoms with Crippen LogP contribution < -0.4 is 10.4 Å². The summed E-state index contributed by atoms with van der Waals surface area (Å²) in [7, 11) is 0. The lowest BCUT2D eigenvalue weighted by molar-refractivity contribution is 0.669. The van der Waals surface area contributed by atoms with E-state index in [4.69, 9.17) is 4.42 Å². The molecule has 0 amide bonds. The molecule has 31 heavy (non-hydrogen) atoms. The normalized spacial score (nSPS) is 13.4. The zero-order chi connectivity index (χ0) is 20.4. The van der Waals surface area contributed by atoms with Gasteiger partial charge in [0.15, 0.2) is 0 Å². The average molecular weight is 396 g/mol. The Kier molecular flexibility index (Phi) is 3.45. The van der Waals surface area contributed by atoms with Gasteiger partial charge in [0, 0.05) is 10.8 Å². The molecule has 1 heteroatoms. The molecule has 1 aromatic heterocycles. The zero-order valence-electron chi connectivity index (χ0n) is 17.1. The molecule has 0 spiro atoms. The van der Waals surface area contributed by atoms with Gasteiger partial charge in [-0.3, -0.25) is 0 Å². The van der Waals surface area contributed by atoms with E-state index in [1.165, 1.54) is 53.9 Å². The molecule has 0 radical (unpaired) electrons. The van der Waals surface area contributed by atoms with Crippen molar-refractivity contribution in [3.8, 4) is 11.1 Å². The van der Waals surface area contributed by atoms with Gasteiger partial charge in [-0.1, -0.05) is 72.8 Å². The average Bonchev–Trinajstić information content (AvgIpc) is 3.22. The molecule has 1 aliphatic rings. The van der Waals surface area contributed by atoms with E-state index in [0.717, 1.165) is 24.0 Å². The van der Waals surface area contributed by atoms with E-state index in [1.807, 2.05) is 12.1 Å². The Bertz CT molecular complexity index is 1780. The van der Waals surface area contributed by atoms with Crippen LogP contribution in [0, 0.1) is 0 Å². The van der Waals surface area contributed by atoms with Crippen molar-refractivity contribution in [2.24, 2.45) is 0 Å². The number of para-hydroxylation sites is 1. The van der Waals surface area contributed by atoms with E-state index >= 15 is 0 Å². The first-order valence-electron chi connectivity index (χ1n) is 10.9. The van der Waals surface area contributed by atoms with Crippen molar-refractivity contribution in [1.29, 1.82) is 0 Å². The van der Waals surface area contributed by atoms with Crippen molar-refractivity contribution < 1.29 is 4.42 Å². The lowest BCUT2D eigenvalue weighted by Crippen LogP contribution is -2.28. The summed E-state index contributed by atoms with van der Waals surface area (Å²) in [5.41, 5.74) is 4.31. The van der Waals surface area contributed by atoms with Gasteiger partial charge in [-0.05, 0) is 80.2 Å². The van der Waals surface area contributed by atoms with Crippen molar-refractivity contribution in [2.45, 2.75) is 12.8 Å². The van der Waals surface area contributed by atoms with E-state index in [1.54, 1.807) is 0 Å². The van der Waals surface area contributed by atoms with Gasteiger partial charge in [0.25, 0.3) is 0 Å². The maximum Gasteiger partial charge on any atom is 0.136 e. The van der Waals surface area contributed by atoms with Crippen molar-refractivity contribution in [3.63, 3.8) is 0 Å². The molecule has 0 unspecified atom stereocenters. The number of fused-ring (bicyclic) bond motifs is 9. The maximum absolute atomic E-state index is 6.14.